The van der Waals surface area contributed by atoms with E-state index in [1.165, 1.54) is 0 Å². The number of rotatable bonds is 1. The van der Waals surface area contributed by atoms with Gasteiger partial charge in [-0.15, -0.1) is 0 Å². The predicted octanol–water partition coefficient (Wildman–Crippen LogP) is -0.547. The largest absolute Gasteiger partial charge is 0.768 e. The van der Waals surface area contributed by atoms with Crippen molar-refractivity contribution in [3.05, 3.63) is 0 Å². The van der Waals surface area contributed by atoms with Crippen LogP contribution in [0.1, 0.15) is 0 Å². The van der Waals surface area contributed by atoms with Gasteiger partial charge in [-0.25, -0.2) is 0 Å². The standard InChI is InChI=1S/C6H6O7S/c7-1-2(8)4(10)6(14(12)13)5(11)3(1)9/h7-11H,(H,12,13)/p-1. The zero-order chi connectivity index (χ0) is 11.0. The zero-order valence-electron chi connectivity index (χ0n) is 6.46. The molecule has 0 fully saturated rings. The van der Waals surface area contributed by atoms with Gasteiger partial charge in [-0.3, -0.25) is 4.21 Å². The van der Waals surface area contributed by atoms with Crippen LogP contribution in [0, 0.1) is 0 Å². The van der Waals surface area contributed by atoms with Gasteiger partial charge < -0.3 is 30.1 Å². The first-order valence-corrected chi connectivity index (χ1v) is 4.23. The third-order valence-corrected chi connectivity index (χ3v) is 2.21. The molecule has 5 N–H and O–H groups in total. The number of hydrogen-bond donors (Lipinski definition) is 5. The molecule has 0 saturated heterocycles. The Morgan fingerprint density at radius 3 is 1.36 bits per heavy atom. The van der Waals surface area contributed by atoms with Crippen LogP contribution in [0.15, 0.2) is 4.90 Å². The molecule has 0 aliphatic rings. The third kappa shape index (κ3) is 1.30. The molecular formula is C6H5O7S-. The minimum atomic E-state index is -3.06. The summed E-state index contributed by atoms with van der Waals surface area (Å²) in [6.45, 7) is 0. The van der Waals surface area contributed by atoms with Gasteiger partial charge in [0.1, 0.15) is 4.90 Å². The van der Waals surface area contributed by atoms with Crippen LogP contribution < -0.4 is 0 Å². The number of benzene rings is 1. The Kier molecular flexibility index (Phi) is 2.41. The van der Waals surface area contributed by atoms with E-state index in [1.54, 1.807) is 0 Å². The van der Waals surface area contributed by atoms with Crippen molar-refractivity contribution in [1.29, 1.82) is 0 Å². The van der Waals surface area contributed by atoms with E-state index in [1.807, 2.05) is 0 Å². The number of aromatic hydroxyl groups is 5. The van der Waals surface area contributed by atoms with Crippen LogP contribution in [-0.4, -0.2) is 34.3 Å². The first-order chi connectivity index (χ1) is 6.37. The van der Waals surface area contributed by atoms with Crippen molar-refractivity contribution in [3.63, 3.8) is 0 Å². The van der Waals surface area contributed by atoms with E-state index in [0.717, 1.165) is 0 Å². The molecule has 0 aromatic heterocycles. The second kappa shape index (κ2) is 3.24. The van der Waals surface area contributed by atoms with Gasteiger partial charge in [-0.1, -0.05) is 0 Å². The first kappa shape index (κ1) is 10.4. The highest BCUT2D eigenvalue weighted by Crippen LogP contribution is 2.51. The zero-order valence-corrected chi connectivity index (χ0v) is 7.28. The molecule has 0 heterocycles. The summed E-state index contributed by atoms with van der Waals surface area (Å²) in [7, 11) is 0. The highest BCUT2D eigenvalue weighted by molar-refractivity contribution is 7.79. The Labute approximate surface area is 79.8 Å². The number of phenols is 5. The highest BCUT2D eigenvalue weighted by atomic mass is 32.2. The molecule has 1 rings (SSSR count). The normalized spacial score (nSPS) is 12.6. The van der Waals surface area contributed by atoms with Crippen molar-refractivity contribution in [3.8, 4) is 28.7 Å². The van der Waals surface area contributed by atoms with E-state index < -0.39 is 44.7 Å². The Morgan fingerprint density at radius 2 is 1.07 bits per heavy atom. The molecule has 7 nitrogen and oxygen atoms in total. The lowest BCUT2D eigenvalue weighted by Crippen LogP contribution is -1.91. The van der Waals surface area contributed by atoms with Crippen molar-refractivity contribution in [1.82, 2.24) is 0 Å². The summed E-state index contributed by atoms with van der Waals surface area (Å²) < 4.78 is 20.9. The fourth-order valence-corrected chi connectivity index (χ4v) is 1.33. The maximum absolute atomic E-state index is 10.4. The molecule has 0 aliphatic carbocycles. The molecule has 0 bridgehead atoms. The molecular weight excluding hydrogens is 216 g/mol. The SMILES string of the molecule is O=S([O-])c1c(O)c(O)c(O)c(O)c1O. The van der Waals surface area contributed by atoms with Gasteiger partial charge >= 0.3 is 0 Å². The molecule has 1 unspecified atom stereocenters. The molecule has 0 saturated carbocycles. The first-order valence-electron chi connectivity index (χ1n) is 3.16. The van der Waals surface area contributed by atoms with Crippen LogP contribution >= 0.6 is 0 Å². The van der Waals surface area contributed by atoms with Crippen molar-refractivity contribution in [2.24, 2.45) is 0 Å². The van der Waals surface area contributed by atoms with Crippen LogP contribution in [-0.2, 0) is 11.1 Å². The fraction of sp³-hybridized carbons (Fsp3) is 0. The lowest BCUT2D eigenvalue weighted by Gasteiger charge is -2.13. The predicted molar refractivity (Wildman–Crippen MR) is 42.0 cm³/mol. The smallest absolute Gasteiger partial charge is 0.208 e. The summed E-state index contributed by atoms with van der Waals surface area (Å²) in [5, 5.41) is 44.6. The molecule has 1 atom stereocenters. The molecule has 1 aromatic carbocycles. The molecule has 0 aliphatic heterocycles. The van der Waals surface area contributed by atoms with E-state index in [0.29, 0.717) is 0 Å². The topological polar surface area (TPSA) is 141 Å². The van der Waals surface area contributed by atoms with Crippen LogP contribution in [0.4, 0.5) is 0 Å². The van der Waals surface area contributed by atoms with Crippen molar-refractivity contribution in [2.45, 2.75) is 4.90 Å². The Balaban J connectivity index is 3.68. The highest BCUT2D eigenvalue weighted by Gasteiger charge is 2.23. The molecule has 14 heavy (non-hydrogen) atoms. The van der Waals surface area contributed by atoms with Gasteiger partial charge in [-0.05, 0) is 11.1 Å². The van der Waals surface area contributed by atoms with Gasteiger partial charge in [0.05, 0.1) is 0 Å². The number of phenolic OH excluding ortho intramolecular Hbond substituents is 5. The monoisotopic (exact) mass is 221 g/mol. The Hall–Kier alpha value is -1.67. The second-order valence-electron chi connectivity index (χ2n) is 2.31. The minimum Gasteiger partial charge on any atom is -0.768 e. The van der Waals surface area contributed by atoms with E-state index in [9.17, 15) is 8.76 Å². The second-order valence-corrected chi connectivity index (χ2v) is 3.18. The molecule has 1 aromatic rings. The summed E-state index contributed by atoms with van der Waals surface area (Å²) in [4.78, 5) is -1.09. The average Bonchev–Trinajstić information content (AvgIpc) is 2.11. The van der Waals surface area contributed by atoms with Crippen LogP contribution in [0.25, 0.3) is 0 Å². The van der Waals surface area contributed by atoms with Gasteiger partial charge in [0, 0.05) is 0 Å². The molecule has 78 valence electrons. The lowest BCUT2D eigenvalue weighted by atomic mass is 10.2. The van der Waals surface area contributed by atoms with Crippen LogP contribution in [0.2, 0.25) is 0 Å². The molecule has 0 radical (unpaired) electrons. The van der Waals surface area contributed by atoms with Gasteiger partial charge in [-0.2, -0.15) is 0 Å². The summed E-state index contributed by atoms with van der Waals surface area (Å²) in [5.74, 6) is -6.11. The Morgan fingerprint density at radius 1 is 0.786 bits per heavy atom. The number of hydrogen-bond acceptors (Lipinski definition) is 7. The maximum atomic E-state index is 10.4. The van der Waals surface area contributed by atoms with Gasteiger partial charge in [0.25, 0.3) is 0 Å². The summed E-state index contributed by atoms with van der Waals surface area (Å²) >= 11 is -3.06. The summed E-state index contributed by atoms with van der Waals surface area (Å²) in [6, 6.07) is 0. The van der Waals surface area contributed by atoms with E-state index in [2.05, 4.69) is 0 Å². The molecule has 0 spiro atoms. The van der Waals surface area contributed by atoms with Gasteiger partial charge in [0.2, 0.25) is 17.2 Å². The van der Waals surface area contributed by atoms with E-state index in [4.69, 9.17) is 25.5 Å². The lowest BCUT2D eigenvalue weighted by molar-refractivity contribution is 0.316. The van der Waals surface area contributed by atoms with Gasteiger partial charge in [0.15, 0.2) is 11.5 Å². The Bertz CT molecular complexity index is 384. The van der Waals surface area contributed by atoms with E-state index >= 15 is 0 Å². The van der Waals surface area contributed by atoms with Crippen LogP contribution in [0.3, 0.4) is 0 Å². The summed E-state index contributed by atoms with van der Waals surface area (Å²) in [6.07, 6.45) is 0. The molecule has 8 heteroatoms. The van der Waals surface area contributed by atoms with Crippen molar-refractivity contribution in [2.75, 3.05) is 0 Å². The van der Waals surface area contributed by atoms with Crippen molar-refractivity contribution >= 4 is 11.1 Å². The van der Waals surface area contributed by atoms with Crippen LogP contribution in [0.5, 0.6) is 28.7 Å². The minimum absolute atomic E-state index is 1.09. The summed E-state index contributed by atoms with van der Waals surface area (Å²) in [5.41, 5.74) is 0. The maximum Gasteiger partial charge on any atom is 0.208 e. The van der Waals surface area contributed by atoms with Crippen molar-refractivity contribution < 1.29 is 34.3 Å². The quantitative estimate of drug-likeness (QED) is 0.243. The average molecular weight is 221 g/mol. The van der Waals surface area contributed by atoms with E-state index in [-0.39, 0.29) is 0 Å². The third-order valence-electron chi connectivity index (χ3n) is 1.49. The fourth-order valence-electron chi connectivity index (χ4n) is 0.822. The molecule has 0 amide bonds.